The lowest BCUT2D eigenvalue weighted by atomic mass is 9.89. The molecule has 3 atom stereocenters. The molecule has 1 amide bonds. The third-order valence-corrected chi connectivity index (χ3v) is 4.56. The molecule has 110 valence electrons. The summed E-state index contributed by atoms with van der Waals surface area (Å²) in [5.74, 6) is 2.16. The number of ether oxygens (including phenoxy) is 1. The summed E-state index contributed by atoms with van der Waals surface area (Å²) in [5.41, 5.74) is 0. The molecule has 1 unspecified atom stereocenters. The van der Waals surface area contributed by atoms with Crippen LogP contribution in [0.4, 0.5) is 0 Å². The normalized spacial score (nSPS) is 30.4. The number of carbonyl (C=O) groups excluding carboxylic acids is 1. The molecule has 2 aliphatic heterocycles. The summed E-state index contributed by atoms with van der Waals surface area (Å²) in [7, 11) is 0. The Labute approximate surface area is 118 Å². The third kappa shape index (κ3) is 2.44. The third-order valence-electron chi connectivity index (χ3n) is 4.56. The van der Waals surface area contributed by atoms with E-state index in [0.717, 1.165) is 31.8 Å². The maximum atomic E-state index is 12.6. The minimum absolute atomic E-state index is 0.156. The zero-order valence-corrected chi connectivity index (χ0v) is 12.1. The summed E-state index contributed by atoms with van der Waals surface area (Å²) in [4.78, 5) is 18.8. The summed E-state index contributed by atoms with van der Waals surface area (Å²) in [5, 5.41) is 6.79. The van der Waals surface area contributed by atoms with E-state index in [4.69, 9.17) is 4.74 Å². The largest absolute Gasteiger partial charge is 0.368 e. The highest BCUT2D eigenvalue weighted by Crippen LogP contribution is 2.32. The monoisotopic (exact) mass is 278 g/mol. The number of nitrogens with one attached hydrogen (secondary N) is 1. The first kappa shape index (κ1) is 13.5. The van der Waals surface area contributed by atoms with E-state index in [2.05, 4.69) is 29.0 Å². The number of rotatable bonds is 3. The first-order valence-electron chi connectivity index (χ1n) is 7.42. The molecule has 6 nitrogen and oxygen atoms in total. The highest BCUT2D eigenvalue weighted by molar-refractivity contribution is 5.82. The number of aromatic amines is 1. The van der Waals surface area contributed by atoms with E-state index in [1.54, 1.807) is 0 Å². The molecule has 0 aromatic carbocycles. The molecule has 1 aromatic rings. The van der Waals surface area contributed by atoms with Crippen LogP contribution in [-0.4, -0.2) is 51.8 Å². The minimum Gasteiger partial charge on any atom is -0.368 e. The van der Waals surface area contributed by atoms with Crippen LogP contribution in [0.15, 0.2) is 6.33 Å². The number of carbonyl (C=O) groups is 1. The van der Waals surface area contributed by atoms with Gasteiger partial charge < -0.3 is 9.64 Å². The Bertz CT molecular complexity index is 460. The Hall–Kier alpha value is -1.43. The molecular weight excluding hydrogens is 256 g/mol. The van der Waals surface area contributed by atoms with Gasteiger partial charge in [-0.3, -0.25) is 9.89 Å². The molecule has 20 heavy (non-hydrogen) atoms. The Balaban J connectivity index is 1.64. The van der Waals surface area contributed by atoms with Gasteiger partial charge in [-0.2, -0.15) is 5.10 Å². The van der Waals surface area contributed by atoms with Gasteiger partial charge in [-0.1, -0.05) is 13.8 Å². The fourth-order valence-electron chi connectivity index (χ4n) is 3.32. The molecule has 0 saturated carbocycles. The van der Waals surface area contributed by atoms with Crippen molar-refractivity contribution < 1.29 is 9.53 Å². The number of likely N-dealkylation sites (tertiary alicyclic amines) is 1. The van der Waals surface area contributed by atoms with E-state index in [0.29, 0.717) is 18.4 Å². The number of aromatic nitrogens is 3. The number of amides is 1. The smallest absolute Gasteiger partial charge is 0.252 e. The first-order chi connectivity index (χ1) is 9.66. The fraction of sp³-hybridized carbons (Fsp3) is 0.786. The Morgan fingerprint density at radius 3 is 3.05 bits per heavy atom. The minimum atomic E-state index is -0.247. The number of hydrogen-bond donors (Lipinski definition) is 1. The molecule has 1 aromatic heterocycles. The van der Waals surface area contributed by atoms with Crippen molar-refractivity contribution in [2.75, 3.05) is 19.7 Å². The van der Waals surface area contributed by atoms with Crippen LogP contribution in [0.5, 0.6) is 0 Å². The van der Waals surface area contributed by atoms with E-state index >= 15 is 0 Å². The van der Waals surface area contributed by atoms with Gasteiger partial charge in [0.25, 0.3) is 5.91 Å². The molecule has 3 rings (SSSR count). The predicted molar refractivity (Wildman–Crippen MR) is 73.0 cm³/mol. The van der Waals surface area contributed by atoms with Crippen LogP contribution < -0.4 is 0 Å². The maximum Gasteiger partial charge on any atom is 0.252 e. The zero-order chi connectivity index (χ0) is 14.1. The summed E-state index contributed by atoms with van der Waals surface area (Å²) >= 11 is 0. The first-order valence-corrected chi connectivity index (χ1v) is 7.42. The molecule has 6 heteroatoms. The van der Waals surface area contributed by atoms with Crippen molar-refractivity contribution in [2.45, 2.75) is 38.7 Å². The van der Waals surface area contributed by atoms with Gasteiger partial charge in [0.15, 0.2) is 0 Å². The van der Waals surface area contributed by atoms with Gasteiger partial charge in [0, 0.05) is 25.6 Å². The van der Waals surface area contributed by atoms with Crippen LogP contribution in [0.1, 0.15) is 38.4 Å². The number of nitrogens with zero attached hydrogens (tertiary/aromatic N) is 3. The van der Waals surface area contributed by atoms with Crippen LogP contribution in [0.2, 0.25) is 0 Å². The molecule has 0 bridgehead atoms. The van der Waals surface area contributed by atoms with Crippen molar-refractivity contribution in [2.24, 2.45) is 11.8 Å². The van der Waals surface area contributed by atoms with Gasteiger partial charge in [0.05, 0.1) is 0 Å². The van der Waals surface area contributed by atoms with Gasteiger partial charge in [-0.25, -0.2) is 4.98 Å². The van der Waals surface area contributed by atoms with Crippen molar-refractivity contribution in [1.29, 1.82) is 0 Å². The second-order valence-electron chi connectivity index (χ2n) is 6.13. The topological polar surface area (TPSA) is 71.1 Å². The van der Waals surface area contributed by atoms with Crippen LogP contribution in [0.25, 0.3) is 0 Å². The zero-order valence-electron chi connectivity index (χ0n) is 12.1. The van der Waals surface area contributed by atoms with E-state index in [1.807, 2.05) is 4.90 Å². The van der Waals surface area contributed by atoms with Crippen LogP contribution in [0, 0.1) is 11.8 Å². The molecule has 1 N–H and O–H groups in total. The lowest BCUT2D eigenvalue weighted by Gasteiger charge is -2.25. The average molecular weight is 278 g/mol. The molecular formula is C14H22N4O2. The Morgan fingerprint density at radius 1 is 1.50 bits per heavy atom. The van der Waals surface area contributed by atoms with Crippen molar-refractivity contribution in [3.05, 3.63) is 12.2 Å². The highest BCUT2D eigenvalue weighted by Gasteiger charge is 2.40. The molecule has 2 fully saturated rings. The maximum absolute atomic E-state index is 12.6. The molecule has 3 heterocycles. The van der Waals surface area contributed by atoms with Crippen LogP contribution in [-0.2, 0) is 9.53 Å². The standard InChI is InChI=1S/C14H22N4O2/c1-9(2)11-4-6-20-12(11)14(19)18-5-3-10(7-18)13-15-8-16-17-13/h8-12H,3-7H2,1-2H3,(H,15,16,17)/t10?,11-,12-/m1/s1. The molecule has 0 radical (unpaired) electrons. The van der Waals surface area contributed by atoms with Gasteiger partial charge in [0.1, 0.15) is 18.3 Å². The quantitative estimate of drug-likeness (QED) is 0.901. The lowest BCUT2D eigenvalue weighted by Crippen LogP contribution is -2.41. The summed E-state index contributed by atoms with van der Waals surface area (Å²) in [6, 6.07) is 0. The second kappa shape index (κ2) is 5.52. The van der Waals surface area contributed by atoms with E-state index < -0.39 is 0 Å². The van der Waals surface area contributed by atoms with E-state index in [-0.39, 0.29) is 17.9 Å². The number of hydrogen-bond acceptors (Lipinski definition) is 4. The van der Waals surface area contributed by atoms with Crippen molar-refractivity contribution >= 4 is 5.91 Å². The van der Waals surface area contributed by atoms with Gasteiger partial charge in [-0.05, 0) is 24.7 Å². The number of H-pyrrole nitrogens is 1. The van der Waals surface area contributed by atoms with Crippen molar-refractivity contribution in [3.8, 4) is 0 Å². The fourth-order valence-corrected chi connectivity index (χ4v) is 3.32. The molecule has 0 aliphatic carbocycles. The summed E-state index contributed by atoms with van der Waals surface area (Å²) in [6.07, 6.45) is 3.21. The van der Waals surface area contributed by atoms with Crippen molar-refractivity contribution in [1.82, 2.24) is 20.1 Å². The molecule has 2 saturated heterocycles. The SMILES string of the molecule is CC(C)[C@H]1CCO[C@H]1C(=O)N1CCC(c2ncn[nH]2)C1. The highest BCUT2D eigenvalue weighted by atomic mass is 16.5. The van der Waals surface area contributed by atoms with E-state index in [1.165, 1.54) is 6.33 Å². The molecule has 2 aliphatic rings. The average Bonchev–Trinajstić information content (AvgIpc) is 3.17. The van der Waals surface area contributed by atoms with Crippen molar-refractivity contribution in [3.63, 3.8) is 0 Å². The van der Waals surface area contributed by atoms with Gasteiger partial charge in [-0.15, -0.1) is 0 Å². The Morgan fingerprint density at radius 2 is 2.35 bits per heavy atom. The van der Waals surface area contributed by atoms with Gasteiger partial charge >= 0.3 is 0 Å². The predicted octanol–water partition coefficient (Wildman–Crippen LogP) is 1.18. The second-order valence-corrected chi connectivity index (χ2v) is 6.13. The molecule has 0 spiro atoms. The van der Waals surface area contributed by atoms with E-state index in [9.17, 15) is 4.79 Å². The lowest BCUT2D eigenvalue weighted by molar-refractivity contribution is -0.142. The van der Waals surface area contributed by atoms with Crippen LogP contribution in [0.3, 0.4) is 0 Å². The summed E-state index contributed by atoms with van der Waals surface area (Å²) in [6.45, 7) is 6.55. The van der Waals surface area contributed by atoms with Crippen LogP contribution >= 0.6 is 0 Å². The summed E-state index contributed by atoms with van der Waals surface area (Å²) < 4.78 is 5.70. The van der Waals surface area contributed by atoms with Gasteiger partial charge in [0.2, 0.25) is 0 Å². The Kier molecular flexibility index (Phi) is 3.74.